The maximum absolute atomic E-state index is 12.5. The van der Waals surface area contributed by atoms with Crippen LogP contribution in [0.25, 0.3) is 0 Å². The minimum atomic E-state index is -0.0505. The van der Waals surface area contributed by atoms with E-state index in [0.717, 1.165) is 36.4 Å². The first-order valence-electron chi connectivity index (χ1n) is 13.6. The van der Waals surface area contributed by atoms with Crippen LogP contribution in [0.15, 0.2) is 42.7 Å². The molecular weight excluding hydrogens is 420 g/mol. The molecule has 0 radical (unpaired) electrons. The summed E-state index contributed by atoms with van der Waals surface area (Å²) in [7, 11) is 0. The normalized spacial score (nSPS) is 10.9. The minimum Gasteiger partial charge on any atom is -0.493 e. The van der Waals surface area contributed by atoms with E-state index in [9.17, 15) is 4.79 Å². The van der Waals surface area contributed by atoms with E-state index in [1.54, 1.807) is 0 Å². The Morgan fingerprint density at radius 2 is 1.41 bits per heavy atom. The van der Waals surface area contributed by atoms with Crippen molar-refractivity contribution in [3.8, 4) is 5.75 Å². The lowest BCUT2D eigenvalue weighted by Crippen LogP contribution is -2.32. The van der Waals surface area contributed by atoms with Gasteiger partial charge in [0.15, 0.2) is 12.4 Å². The molecule has 0 unspecified atom stereocenters. The van der Waals surface area contributed by atoms with Crippen LogP contribution in [-0.2, 0) is 13.1 Å². The average Bonchev–Trinajstić information content (AvgIpc) is 2.86. The van der Waals surface area contributed by atoms with E-state index >= 15 is 0 Å². The molecule has 188 valence electrons. The first kappa shape index (κ1) is 27.9. The van der Waals surface area contributed by atoms with E-state index in [1.807, 2.05) is 41.2 Å². The molecule has 0 spiro atoms. The van der Waals surface area contributed by atoms with Crippen molar-refractivity contribution in [3.63, 3.8) is 0 Å². The largest absolute Gasteiger partial charge is 0.493 e. The molecule has 0 aliphatic carbocycles. The summed E-state index contributed by atoms with van der Waals surface area (Å²) in [6, 6.07) is 9.82. The molecule has 1 aromatic heterocycles. The maximum Gasteiger partial charge on any atom is 0.252 e. The Kier molecular flexibility index (Phi) is 14.0. The van der Waals surface area contributed by atoms with Crippen molar-refractivity contribution in [1.29, 1.82) is 0 Å². The Labute approximate surface area is 208 Å². The van der Waals surface area contributed by atoms with Gasteiger partial charge in [-0.15, -0.1) is 0 Å². The summed E-state index contributed by atoms with van der Waals surface area (Å²) in [4.78, 5) is 12.5. The Hall–Kier alpha value is -2.36. The summed E-state index contributed by atoms with van der Waals surface area (Å²) >= 11 is 0. The molecule has 0 fully saturated rings. The van der Waals surface area contributed by atoms with Crippen LogP contribution in [0.4, 0.5) is 0 Å². The molecule has 0 aliphatic heterocycles. The monoisotopic (exact) mass is 467 g/mol. The van der Waals surface area contributed by atoms with Crippen LogP contribution in [0, 0.1) is 6.92 Å². The number of unbranched alkanes of at least 4 members (excludes halogenated alkanes) is 11. The number of hydrogen-bond acceptors (Lipinski definition) is 2. The van der Waals surface area contributed by atoms with Crippen molar-refractivity contribution in [2.75, 3.05) is 6.61 Å². The second-order valence-corrected chi connectivity index (χ2v) is 9.38. The smallest absolute Gasteiger partial charge is 0.252 e. The van der Waals surface area contributed by atoms with E-state index in [0.29, 0.717) is 12.1 Å². The summed E-state index contributed by atoms with van der Waals surface area (Å²) in [5.74, 6) is 0.879. The topological polar surface area (TPSA) is 42.2 Å². The van der Waals surface area contributed by atoms with Crippen molar-refractivity contribution in [1.82, 2.24) is 5.32 Å². The Bertz CT molecular complexity index is 817. The van der Waals surface area contributed by atoms with Gasteiger partial charge in [-0.1, -0.05) is 89.7 Å². The molecule has 1 N–H and O–H groups in total. The van der Waals surface area contributed by atoms with E-state index < -0.39 is 0 Å². The van der Waals surface area contributed by atoms with Gasteiger partial charge in [-0.2, -0.15) is 0 Å². The molecule has 1 aromatic carbocycles. The number of hydrogen-bond donors (Lipinski definition) is 1. The van der Waals surface area contributed by atoms with Gasteiger partial charge in [0.2, 0.25) is 0 Å². The number of nitrogens with one attached hydrogen (secondary N) is 1. The van der Waals surface area contributed by atoms with Crippen molar-refractivity contribution in [2.24, 2.45) is 0 Å². The number of benzene rings is 1. The van der Waals surface area contributed by atoms with Crippen molar-refractivity contribution in [2.45, 2.75) is 111 Å². The zero-order chi connectivity index (χ0) is 24.4. The molecule has 1 amide bonds. The molecule has 0 aliphatic rings. The number of ether oxygens (including phenoxy) is 1. The quantitative estimate of drug-likeness (QED) is 0.184. The van der Waals surface area contributed by atoms with Crippen LogP contribution in [0.3, 0.4) is 0 Å². The summed E-state index contributed by atoms with van der Waals surface area (Å²) in [5.41, 5.74) is 2.89. The minimum absolute atomic E-state index is 0.0505. The molecule has 4 nitrogen and oxygen atoms in total. The molecule has 0 bridgehead atoms. The summed E-state index contributed by atoms with van der Waals surface area (Å²) in [6.45, 7) is 8.59. The van der Waals surface area contributed by atoms with E-state index in [-0.39, 0.29) is 5.91 Å². The number of pyridine rings is 1. The molecule has 4 heteroatoms. The van der Waals surface area contributed by atoms with Gasteiger partial charge in [0.1, 0.15) is 12.3 Å². The van der Waals surface area contributed by atoms with E-state index in [2.05, 4.69) is 32.2 Å². The highest BCUT2D eigenvalue weighted by Gasteiger charge is 2.10. The lowest BCUT2D eigenvalue weighted by Gasteiger charge is -2.13. The van der Waals surface area contributed by atoms with Gasteiger partial charge in [-0.3, -0.25) is 4.79 Å². The fraction of sp³-hybridized carbons (Fsp3) is 0.600. The zero-order valence-electron chi connectivity index (χ0n) is 21.9. The molecule has 1 heterocycles. The second kappa shape index (κ2) is 17.1. The number of carbonyl (C=O) groups excluding carboxylic acids is 1. The number of aryl methyl sites for hydroxylation is 1. The van der Waals surface area contributed by atoms with Gasteiger partial charge in [-0.05, 0) is 37.5 Å². The first-order valence-corrected chi connectivity index (χ1v) is 13.6. The van der Waals surface area contributed by atoms with Gasteiger partial charge in [0.05, 0.1) is 12.2 Å². The number of amides is 1. The molecule has 34 heavy (non-hydrogen) atoms. The van der Waals surface area contributed by atoms with Crippen LogP contribution in [0.1, 0.15) is 112 Å². The van der Waals surface area contributed by atoms with Gasteiger partial charge >= 0.3 is 0 Å². The highest BCUT2D eigenvalue weighted by molar-refractivity contribution is 5.93. The zero-order valence-corrected chi connectivity index (χ0v) is 21.9. The molecular formula is C30H47N2O2+. The molecule has 2 rings (SSSR count). The molecule has 0 atom stereocenters. The number of aromatic nitrogens is 1. The van der Waals surface area contributed by atoms with Crippen LogP contribution in [0.2, 0.25) is 0 Å². The van der Waals surface area contributed by atoms with Gasteiger partial charge in [0, 0.05) is 18.7 Å². The van der Waals surface area contributed by atoms with Crippen LogP contribution < -0.4 is 14.6 Å². The number of nitrogens with zero attached hydrogens (tertiary/aromatic N) is 1. The highest BCUT2D eigenvalue weighted by atomic mass is 16.5. The van der Waals surface area contributed by atoms with Gasteiger partial charge < -0.3 is 10.1 Å². The molecule has 2 aromatic rings. The second-order valence-electron chi connectivity index (χ2n) is 9.38. The number of carbonyl (C=O) groups is 1. The van der Waals surface area contributed by atoms with Crippen molar-refractivity contribution < 1.29 is 14.1 Å². The SMILES string of the molecule is CCCCCCCCCCCCCCOc1cccc(CNC(=O)c2cc[n+](CC)cc2)c1C. The molecule has 0 saturated heterocycles. The lowest BCUT2D eigenvalue weighted by molar-refractivity contribution is -0.693. The fourth-order valence-corrected chi connectivity index (χ4v) is 4.23. The Morgan fingerprint density at radius 3 is 2.00 bits per heavy atom. The summed E-state index contributed by atoms with van der Waals surface area (Å²) in [5, 5.41) is 3.03. The van der Waals surface area contributed by atoms with Gasteiger partial charge in [-0.25, -0.2) is 4.57 Å². The average molecular weight is 468 g/mol. The van der Waals surface area contributed by atoms with Crippen LogP contribution in [0.5, 0.6) is 5.75 Å². The van der Waals surface area contributed by atoms with Crippen LogP contribution in [-0.4, -0.2) is 12.5 Å². The third kappa shape index (κ3) is 10.7. The van der Waals surface area contributed by atoms with Crippen molar-refractivity contribution in [3.05, 3.63) is 59.4 Å². The van der Waals surface area contributed by atoms with Gasteiger partial charge in [0.25, 0.3) is 5.91 Å². The Morgan fingerprint density at radius 1 is 0.824 bits per heavy atom. The maximum atomic E-state index is 12.5. The fourth-order valence-electron chi connectivity index (χ4n) is 4.23. The standard InChI is InChI=1S/C30H46N2O2/c1-4-6-7-8-9-10-11-12-13-14-15-16-24-34-29-19-17-18-28(26(29)3)25-31-30(33)27-20-22-32(5-2)23-21-27/h17-23H,4-16,24-25H2,1-3H3/p+1. The van der Waals surface area contributed by atoms with E-state index in [1.165, 1.54) is 70.6 Å². The summed E-state index contributed by atoms with van der Waals surface area (Å²) in [6.07, 6.45) is 20.0. The third-order valence-corrected chi connectivity index (χ3v) is 6.61. The predicted molar refractivity (Wildman–Crippen MR) is 141 cm³/mol. The number of rotatable bonds is 18. The first-order chi connectivity index (χ1) is 16.7. The molecule has 0 saturated carbocycles. The van der Waals surface area contributed by atoms with Crippen molar-refractivity contribution >= 4 is 5.91 Å². The predicted octanol–water partition coefficient (Wildman–Crippen LogP) is 7.31. The highest BCUT2D eigenvalue weighted by Crippen LogP contribution is 2.22. The lowest BCUT2D eigenvalue weighted by atomic mass is 10.1. The third-order valence-electron chi connectivity index (χ3n) is 6.61. The summed E-state index contributed by atoms with van der Waals surface area (Å²) < 4.78 is 8.11. The van der Waals surface area contributed by atoms with Crippen LogP contribution >= 0.6 is 0 Å². The van der Waals surface area contributed by atoms with E-state index in [4.69, 9.17) is 4.74 Å². The Balaban J connectivity index is 1.60.